The number of rotatable bonds is 8. The lowest BCUT2D eigenvalue weighted by Gasteiger charge is -2.41. The Morgan fingerprint density at radius 3 is 2.42 bits per heavy atom. The largest absolute Gasteiger partial charge is 0.461 e. The number of ether oxygens (including phenoxy) is 5. The van der Waals surface area contributed by atoms with Crippen molar-refractivity contribution < 1.29 is 53.1 Å². The summed E-state index contributed by atoms with van der Waals surface area (Å²) in [4.78, 5) is 52.6. The molecule has 236 valence electrons. The predicted molar refractivity (Wildman–Crippen MR) is 152 cm³/mol. The van der Waals surface area contributed by atoms with Gasteiger partial charge in [-0.05, 0) is 56.5 Å². The second kappa shape index (κ2) is 14.2. The zero-order chi connectivity index (χ0) is 32.1. The molecule has 3 rings (SSSR count). The fourth-order valence-corrected chi connectivity index (χ4v) is 5.34. The van der Waals surface area contributed by atoms with Crippen LogP contribution in [0.2, 0.25) is 0 Å². The molecule has 1 aromatic rings. The number of carbonyl (C=O) groups is 4. The quantitative estimate of drug-likeness (QED) is 0.173. The Morgan fingerprint density at radius 2 is 1.84 bits per heavy atom. The van der Waals surface area contributed by atoms with Crippen LogP contribution < -0.4 is 0 Å². The van der Waals surface area contributed by atoms with Crippen molar-refractivity contribution in [3.8, 4) is 0 Å². The Morgan fingerprint density at radius 1 is 1.14 bits per heavy atom. The highest BCUT2D eigenvalue weighted by Crippen LogP contribution is 2.41. The maximum absolute atomic E-state index is 13.2. The standard InChI is InChI=1S/C31H41NO11/c1-16-13-17(2)31(38)15-21(26(18(3)19(4)33)43-27(34)23-9-8-12-32-23)10-11-22(31)14-24(39-6)28(35)42-25(16)20(5)41-30(37)29(36)40-7/h8-13,15-16,18-20,22,24-26,32-33,38H,14H2,1-7H3/b17-13+/t16-,18-,19+,20-,22-,24+,25+,26-,31+/m1/s1. The lowest BCUT2D eigenvalue weighted by molar-refractivity contribution is -0.182. The fraction of sp³-hybridized carbons (Fsp3) is 0.548. The van der Waals surface area contributed by atoms with E-state index in [1.165, 1.54) is 14.0 Å². The zero-order valence-corrected chi connectivity index (χ0v) is 25.4. The number of hydrogen-bond acceptors (Lipinski definition) is 11. The maximum Gasteiger partial charge on any atom is 0.417 e. The third-order valence-electron chi connectivity index (χ3n) is 8.13. The summed E-state index contributed by atoms with van der Waals surface area (Å²) in [5.74, 6) is -5.61. The van der Waals surface area contributed by atoms with Gasteiger partial charge >= 0.3 is 23.9 Å². The number of fused-ring (bicyclic) bond motifs is 1. The summed E-state index contributed by atoms with van der Waals surface area (Å²) in [7, 11) is 2.38. The van der Waals surface area contributed by atoms with Gasteiger partial charge in [-0.3, -0.25) is 0 Å². The molecule has 1 aliphatic heterocycles. The average Bonchev–Trinajstić information content (AvgIpc) is 3.51. The van der Waals surface area contributed by atoms with Crippen molar-refractivity contribution in [2.45, 2.75) is 77.2 Å². The monoisotopic (exact) mass is 603 g/mol. The van der Waals surface area contributed by atoms with Crippen molar-refractivity contribution >= 4 is 23.9 Å². The van der Waals surface area contributed by atoms with Crippen molar-refractivity contribution in [1.29, 1.82) is 0 Å². The average molecular weight is 604 g/mol. The van der Waals surface area contributed by atoms with Gasteiger partial charge in [-0.15, -0.1) is 0 Å². The Labute approximate surface area is 250 Å². The third-order valence-corrected chi connectivity index (χ3v) is 8.13. The number of aromatic amines is 1. The first-order chi connectivity index (χ1) is 20.2. The molecule has 2 aliphatic rings. The number of aliphatic hydroxyl groups excluding tert-OH is 1. The van der Waals surface area contributed by atoms with E-state index in [2.05, 4.69) is 9.72 Å². The van der Waals surface area contributed by atoms with E-state index < -0.39 is 77.8 Å². The van der Waals surface area contributed by atoms with Gasteiger partial charge in [0.1, 0.15) is 29.6 Å². The van der Waals surface area contributed by atoms with Gasteiger partial charge < -0.3 is 38.9 Å². The van der Waals surface area contributed by atoms with E-state index in [4.69, 9.17) is 18.9 Å². The summed E-state index contributed by atoms with van der Waals surface area (Å²) in [6.45, 7) is 8.22. The first-order valence-electron chi connectivity index (χ1n) is 14.1. The van der Waals surface area contributed by atoms with Gasteiger partial charge in [-0.1, -0.05) is 32.1 Å². The van der Waals surface area contributed by atoms with Gasteiger partial charge in [0, 0.05) is 31.1 Å². The van der Waals surface area contributed by atoms with Gasteiger partial charge in [0.05, 0.1) is 13.2 Å². The lowest BCUT2D eigenvalue weighted by atomic mass is 9.71. The molecule has 0 fully saturated rings. The molecule has 9 atom stereocenters. The topological polar surface area (TPSA) is 171 Å². The van der Waals surface area contributed by atoms with E-state index in [9.17, 15) is 29.4 Å². The number of aromatic nitrogens is 1. The fourth-order valence-electron chi connectivity index (χ4n) is 5.34. The van der Waals surface area contributed by atoms with Crippen LogP contribution in [0.4, 0.5) is 0 Å². The molecule has 43 heavy (non-hydrogen) atoms. The number of esters is 4. The lowest BCUT2D eigenvalue weighted by Crippen LogP contribution is -2.47. The van der Waals surface area contributed by atoms with Crippen molar-refractivity contribution in [1.82, 2.24) is 4.98 Å². The van der Waals surface area contributed by atoms with E-state index >= 15 is 0 Å². The summed E-state index contributed by atoms with van der Waals surface area (Å²) < 4.78 is 26.7. The number of methoxy groups -OCH3 is 2. The van der Waals surface area contributed by atoms with Crippen LogP contribution in [0.1, 0.15) is 51.5 Å². The van der Waals surface area contributed by atoms with E-state index in [1.54, 1.807) is 70.3 Å². The number of carbonyl (C=O) groups excluding carboxylic acids is 4. The Balaban J connectivity index is 2.05. The number of aliphatic hydroxyl groups is 2. The summed E-state index contributed by atoms with van der Waals surface area (Å²) in [6.07, 6.45) is 3.35. The number of cyclic esters (lactones) is 1. The second-order valence-corrected chi connectivity index (χ2v) is 11.1. The van der Waals surface area contributed by atoms with Gasteiger partial charge in [0.2, 0.25) is 0 Å². The molecule has 0 bridgehead atoms. The van der Waals surface area contributed by atoms with Crippen molar-refractivity contribution in [3.63, 3.8) is 0 Å². The zero-order valence-electron chi connectivity index (χ0n) is 25.4. The van der Waals surface area contributed by atoms with Gasteiger partial charge in [-0.2, -0.15) is 0 Å². The molecule has 0 unspecified atom stereocenters. The van der Waals surface area contributed by atoms with Crippen LogP contribution in [0.25, 0.3) is 0 Å². The minimum Gasteiger partial charge on any atom is -0.461 e. The molecule has 12 nitrogen and oxygen atoms in total. The smallest absolute Gasteiger partial charge is 0.417 e. The molecule has 0 aromatic carbocycles. The Kier molecular flexibility index (Phi) is 11.1. The SMILES string of the molecule is COC(=O)C(=O)O[C@H](C)[C@H]1OC(=O)[C@@H](OC)C[C@H]2C=CC([C@H](OC(=O)c3ccc[nH]3)[C@H](C)[C@H](C)O)=C[C@]2(O)/C(C)=C/[C@H]1C. The molecular formula is C31H41NO11. The summed E-state index contributed by atoms with van der Waals surface area (Å²) in [5.41, 5.74) is -0.496. The van der Waals surface area contributed by atoms with Crippen LogP contribution in [-0.2, 0) is 38.1 Å². The molecular weight excluding hydrogens is 562 g/mol. The van der Waals surface area contributed by atoms with E-state index in [-0.39, 0.29) is 12.1 Å². The van der Waals surface area contributed by atoms with Crippen LogP contribution >= 0.6 is 0 Å². The third kappa shape index (κ3) is 7.62. The normalized spacial score (nSPS) is 29.7. The molecule has 2 heterocycles. The molecule has 0 spiro atoms. The second-order valence-electron chi connectivity index (χ2n) is 11.1. The first-order valence-corrected chi connectivity index (χ1v) is 14.1. The number of hydrogen-bond donors (Lipinski definition) is 3. The van der Waals surface area contributed by atoms with Gasteiger partial charge in [0.25, 0.3) is 0 Å². The molecule has 0 saturated carbocycles. The van der Waals surface area contributed by atoms with Crippen molar-refractivity contribution in [3.05, 3.63) is 59.5 Å². The minimum atomic E-state index is -1.67. The molecule has 3 N–H and O–H groups in total. The molecule has 1 aliphatic carbocycles. The predicted octanol–water partition coefficient (Wildman–Crippen LogP) is 2.42. The van der Waals surface area contributed by atoms with Gasteiger partial charge in [0.15, 0.2) is 6.10 Å². The van der Waals surface area contributed by atoms with Crippen LogP contribution in [0.3, 0.4) is 0 Å². The highest BCUT2D eigenvalue weighted by Gasteiger charge is 2.45. The Bertz CT molecular complexity index is 1260. The molecule has 1 aromatic heterocycles. The van der Waals surface area contributed by atoms with Crippen LogP contribution in [-0.4, -0.2) is 89.4 Å². The van der Waals surface area contributed by atoms with Crippen molar-refractivity contribution in [2.75, 3.05) is 14.2 Å². The number of nitrogens with one attached hydrogen (secondary N) is 1. The van der Waals surface area contributed by atoms with E-state index in [1.807, 2.05) is 0 Å². The first kappa shape index (κ1) is 33.8. The molecule has 0 amide bonds. The minimum absolute atomic E-state index is 0.0214. The summed E-state index contributed by atoms with van der Waals surface area (Å²) in [6, 6.07) is 3.23. The highest BCUT2D eigenvalue weighted by atomic mass is 16.6. The molecule has 0 saturated heterocycles. The van der Waals surface area contributed by atoms with E-state index in [0.29, 0.717) is 11.1 Å². The molecule has 0 radical (unpaired) electrons. The van der Waals surface area contributed by atoms with Crippen LogP contribution in [0.5, 0.6) is 0 Å². The summed E-state index contributed by atoms with van der Waals surface area (Å²) in [5, 5.41) is 22.7. The molecule has 12 heteroatoms. The van der Waals surface area contributed by atoms with Crippen LogP contribution in [0, 0.1) is 17.8 Å². The number of H-pyrrole nitrogens is 1. The van der Waals surface area contributed by atoms with E-state index in [0.717, 1.165) is 7.11 Å². The van der Waals surface area contributed by atoms with Gasteiger partial charge in [-0.25, -0.2) is 19.2 Å². The van der Waals surface area contributed by atoms with Crippen molar-refractivity contribution in [2.24, 2.45) is 17.8 Å². The maximum atomic E-state index is 13.2. The Hall–Kier alpha value is -3.74. The summed E-state index contributed by atoms with van der Waals surface area (Å²) >= 11 is 0. The highest BCUT2D eigenvalue weighted by molar-refractivity contribution is 6.29. The van der Waals surface area contributed by atoms with Crippen LogP contribution in [0.15, 0.2) is 53.8 Å².